The average molecular weight is 304 g/mol. The zero-order valence-electron chi connectivity index (χ0n) is 12.8. The Bertz CT molecular complexity index is 649. The molecule has 1 N–H and O–H groups in total. The first-order valence-electron chi connectivity index (χ1n) is 7.40. The maximum atomic E-state index is 12.5. The fourth-order valence-corrected chi connectivity index (χ4v) is 2.53. The summed E-state index contributed by atoms with van der Waals surface area (Å²) in [5.74, 6) is 1.67. The van der Waals surface area contributed by atoms with Crippen molar-refractivity contribution in [1.29, 1.82) is 0 Å². The van der Waals surface area contributed by atoms with Gasteiger partial charge in [0, 0.05) is 26.2 Å². The van der Waals surface area contributed by atoms with Crippen molar-refractivity contribution in [3.05, 3.63) is 36.0 Å². The quantitative estimate of drug-likeness (QED) is 0.943. The third kappa shape index (κ3) is 2.99. The zero-order chi connectivity index (χ0) is 15.5. The normalized spacial score (nSPS) is 18.5. The summed E-state index contributed by atoms with van der Waals surface area (Å²) in [5.41, 5.74) is 0.673. The molecule has 7 heteroatoms. The minimum atomic E-state index is -0.203. The highest BCUT2D eigenvalue weighted by Gasteiger charge is 2.31. The molecular weight excluding hydrogens is 284 g/mol. The number of urea groups is 1. The number of anilines is 1. The molecule has 1 aliphatic rings. The van der Waals surface area contributed by atoms with Crippen molar-refractivity contribution >= 4 is 11.7 Å². The van der Waals surface area contributed by atoms with Crippen LogP contribution in [0, 0.1) is 0 Å². The van der Waals surface area contributed by atoms with Gasteiger partial charge in [-0.25, -0.2) is 4.79 Å². The van der Waals surface area contributed by atoms with E-state index >= 15 is 0 Å². The van der Waals surface area contributed by atoms with Crippen LogP contribution in [0.5, 0.6) is 0 Å². The number of morpholine rings is 1. The predicted molar refractivity (Wildman–Crippen MR) is 80.6 cm³/mol. The minimum Gasteiger partial charge on any atom is -0.464 e. The number of aryl methyl sites for hydroxylation is 2. The van der Waals surface area contributed by atoms with Gasteiger partial charge in [-0.05, 0) is 12.1 Å². The zero-order valence-corrected chi connectivity index (χ0v) is 12.8. The number of rotatable bonds is 3. The summed E-state index contributed by atoms with van der Waals surface area (Å²) in [6.45, 7) is 3.53. The predicted octanol–water partition coefficient (Wildman–Crippen LogP) is 2.18. The average Bonchev–Trinajstić information content (AvgIpc) is 3.16. The van der Waals surface area contributed by atoms with Crippen LogP contribution in [0.1, 0.15) is 24.5 Å². The van der Waals surface area contributed by atoms with Crippen molar-refractivity contribution in [2.75, 3.05) is 25.1 Å². The lowest BCUT2D eigenvalue weighted by molar-refractivity contribution is 0.00702. The Balaban J connectivity index is 1.75. The molecule has 1 saturated heterocycles. The number of hydrogen-bond acceptors (Lipinski definition) is 4. The molecule has 1 atom stereocenters. The number of nitrogens with one attached hydrogen (secondary N) is 1. The highest BCUT2D eigenvalue weighted by molar-refractivity contribution is 5.89. The molecule has 7 nitrogen and oxygen atoms in total. The molecule has 118 valence electrons. The van der Waals surface area contributed by atoms with Gasteiger partial charge in [0.15, 0.2) is 0 Å². The van der Waals surface area contributed by atoms with Crippen molar-refractivity contribution in [2.24, 2.45) is 7.05 Å². The van der Waals surface area contributed by atoms with Crippen LogP contribution >= 0.6 is 0 Å². The van der Waals surface area contributed by atoms with Gasteiger partial charge in [-0.15, -0.1) is 0 Å². The van der Waals surface area contributed by atoms with E-state index < -0.39 is 0 Å². The van der Waals surface area contributed by atoms with E-state index in [9.17, 15) is 4.79 Å². The SMILES string of the molecule is CCc1ccc(C2COCCN2C(=O)Nc2cnn(C)c2)o1. The molecule has 1 unspecified atom stereocenters. The first-order valence-corrected chi connectivity index (χ1v) is 7.40. The largest absolute Gasteiger partial charge is 0.464 e. The Kier molecular flexibility index (Phi) is 4.15. The molecule has 0 bridgehead atoms. The number of carbonyl (C=O) groups excluding carboxylic acids is 1. The van der Waals surface area contributed by atoms with Crippen LogP contribution in [0.4, 0.5) is 10.5 Å². The standard InChI is InChI=1S/C15H20N4O3/c1-3-12-4-5-14(22-12)13-10-21-7-6-19(13)15(20)17-11-8-16-18(2)9-11/h4-5,8-9,13H,3,6-7,10H2,1-2H3,(H,17,20). The van der Waals surface area contributed by atoms with Crippen molar-refractivity contribution in [3.63, 3.8) is 0 Å². The van der Waals surface area contributed by atoms with E-state index in [0.717, 1.165) is 17.9 Å². The number of furan rings is 1. The van der Waals surface area contributed by atoms with E-state index in [0.29, 0.717) is 25.4 Å². The number of ether oxygens (including phenoxy) is 1. The van der Waals surface area contributed by atoms with Gasteiger partial charge in [-0.3, -0.25) is 4.68 Å². The fraction of sp³-hybridized carbons (Fsp3) is 0.467. The van der Waals surface area contributed by atoms with Gasteiger partial charge < -0.3 is 19.4 Å². The van der Waals surface area contributed by atoms with Gasteiger partial charge in [0.05, 0.1) is 25.1 Å². The number of hydrogen-bond donors (Lipinski definition) is 1. The second kappa shape index (κ2) is 6.23. The molecular formula is C15H20N4O3. The summed E-state index contributed by atoms with van der Waals surface area (Å²) >= 11 is 0. The summed E-state index contributed by atoms with van der Waals surface area (Å²) in [6.07, 6.45) is 4.21. The van der Waals surface area contributed by atoms with E-state index in [-0.39, 0.29) is 12.1 Å². The Hall–Kier alpha value is -2.28. The molecule has 22 heavy (non-hydrogen) atoms. The van der Waals surface area contributed by atoms with Crippen molar-refractivity contribution in [3.8, 4) is 0 Å². The Morgan fingerprint density at radius 3 is 3.05 bits per heavy atom. The minimum absolute atomic E-state index is 0.171. The van der Waals surface area contributed by atoms with E-state index in [1.54, 1.807) is 22.0 Å². The number of aromatic nitrogens is 2. The van der Waals surface area contributed by atoms with Crippen molar-refractivity contribution in [1.82, 2.24) is 14.7 Å². The lowest BCUT2D eigenvalue weighted by atomic mass is 10.2. The molecule has 0 aliphatic carbocycles. The van der Waals surface area contributed by atoms with Gasteiger partial charge in [-0.1, -0.05) is 6.92 Å². The third-order valence-corrected chi connectivity index (χ3v) is 3.70. The van der Waals surface area contributed by atoms with E-state index in [1.165, 1.54) is 0 Å². The fourth-order valence-electron chi connectivity index (χ4n) is 2.53. The molecule has 3 rings (SSSR count). The van der Waals surface area contributed by atoms with Crippen LogP contribution < -0.4 is 5.32 Å². The smallest absolute Gasteiger partial charge is 0.322 e. The molecule has 1 aliphatic heterocycles. The third-order valence-electron chi connectivity index (χ3n) is 3.70. The van der Waals surface area contributed by atoms with Gasteiger partial charge in [-0.2, -0.15) is 5.10 Å². The number of amides is 2. The highest BCUT2D eigenvalue weighted by atomic mass is 16.5. The molecule has 2 amide bonds. The van der Waals surface area contributed by atoms with Gasteiger partial charge in [0.2, 0.25) is 0 Å². The van der Waals surface area contributed by atoms with Crippen LogP contribution in [0.2, 0.25) is 0 Å². The summed E-state index contributed by atoms with van der Waals surface area (Å²) in [7, 11) is 1.81. The van der Waals surface area contributed by atoms with Gasteiger partial charge in [0.1, 0.15) is 17.6 Å². The molecule has 0 saturated carbocycles. The van der Waals surface area contributed by atoms with Crippen molar-refractivity contribution in [2.45, 2.75) is 19.4 Å². The topological polar surface area (TPSA) is 72.5 Å². The van der Waals surface area contributed by atoms with E-state index in [1.807, 2.05) is 26.1 Å². The van der Waals surface area contributed by atoms with E-state index in [2.05, 4.69) is 10.4 Å². The van der Waals surface area contributed by atoms with Gasteiger partial charge in [0.25, 0.3) is 0 Å². The van der Waals surface area contributed by atoms with Crippen LogP contribution in [-0.2, 0) is 18.2 Å². The summed E-state index contributed by atoms with van der Waals surface area (Å²) in [6, 6.07) is 3.49. The Labute approximate surface area is 128 Å². The lowest BCUT2D eigenvalue weighted by Gasteiger charge is -2.34. The lowest BCUT2D eigenvalue weighted by Crippen LogP contribution is -2.45. The van der Waals surface area contributed by atoms with Crippen LogP contribution in [0.25, 0.3) is 0 Å². The molecule has 3 heterocycles. The molecule has 2 aromatic heterocycles. The molecule has 1 fully saturated rings. The molecule has 0 spiro atoms. The maximum absolute atomic E-state index is 12.5. The summed E-state index contributed by atoms with van der Waals surface area (Å²) < 4.78 is 13.0. The molecule has 0 aromatic carbocycles. The first kappa shape index (κ1) is 14.6. The maximum Gasteiger partial charge on any atom is 0.322 e. The summed E-state index contributed by atoms with van der Waals surface area (Å²) in [5, 5.41) is 6.91. The van der Waals surface area contributed by atoms with Gasteiger partial charge >= 0.3 is 6.03 Å². The van der Waals surface area contributed by atoms with Crippen molar-refractivity contribution < 1.29 is 13.9 Å². The Morgan fingerprint density at radius 2 is 2.36 bits per heavy atom. The Morgan fingerprint density at radius 1 is 1.50 bits per heavy atom. The van der Waals surface area contributed by atoms with Crippen LogP contribution in [0.3, 0.4) is 0 Å². The first-order chi connectivity index (χ1) is 10.7. The second-order valence-corrected chi connectivity index (χ2v) is 5.27. The summed E-state index contributed by atoms with van der Waals surface area (Å²) in [4.78, 5) is 14.3. The molecule has 0 radical (unpaired) electrons. The highest BCUT2D eigenvalue weighted by Crippen LogP contribution is 2.27. The monoisotopic (exact) mass is 304 g/mol. The van der Waals surface area contributed by atoms with Crippen LogP contribution in [-0.4, -0.2) is 40.5 Å². The van der Waals surface area contributed by atoms with Crippen LogP contribution in [0.15, 0.2) is 28.9 Å². The number of nitrogens with zero attached hydrogens (tertiary/aromatic N) is 3. The second-order valence-electron chi connectivity index (χ2n) is 5.27. The molecule has 2 aromatic rings. The number of carbonyl (C=O) groups is 1. The van der Waals surface area contributed by atoms with E-state index in [4.69, 9.17) is 9.15 Å².